The molecule has 18 heavy (non-hydrogen) atoms. The van der Waals surface area contributed by atoms with Crippen molar-refractivity contribution in [1.82, 2.24) is 0 Å². The Morgan fingerprint density at radius 3 is 3.00 bits per heavy atom. The highest BCUT2D eigenvalue weighted by Crippen LogP contribution is 2.43. The fraction of sp³-hybridized carbons (Fsp3) is 0.429. The van der Waals surface area contributed by atoms with E-state index in [9.17, 15) is 0 Å². The van der Waals surface area contributed by atoms with E-state index >= 15 is 0 Å². The van der Waals surface area contributed by atoms with Gasteiger partial charge in [-0.1, -0.05) is 24.2 Å². The molecule has 0 aliphatic heterocycles. The Morgan fingerprint density at radius 1 is 1.61 bits per heavy atom. The Kier molecular flexibility index (Phi) is 3.30. The molecule has 1 aliphatic carbocycles. The first-order valence-electron chi connectivity index (χ1n) is 6.00. The molecule has 0 saturated heterocycles. The second-order valence-corrected chi connectivity index (χ2v) is 4.82. The van der Waals surface area contributed by atoms with Gasteiger partial charge in [0.05, 0.1) is 12.6 Å². The number of aryl methyl sites for hydroxylation is 1. The monoisotopic (exact) mass is 243 g/mol. The third-order valence-corrected chi connectivity index (χ3v) is 3.77. The number of nitrogens with zero attached hydrogens (tertiary/aromatic N) is 3. The van der Waals surface area contributed by atoms with E-state index in [1.807, 2.05) is 25.1 Å². The third-order valence-electron chi connectivity index (χ3n) is 3.77. The van der Waals surface area contributed by atoms with Crippen LogP contribution in [0.5, 0.6) is 5.75 Å². The molecule has 0 aromatic heterocycles. The minimum atomic E-state index is -0.435. The highest BCUT2D eigenvalue weighted by molar-refractivity contribution is 5.44. The van der Waals surface area contributed by atoms with Crippen molar-refractivity contribution < 1.29 is 4.74 Å². The van der Waals surface area contributed by atoms with Gasteiger partial charge in [0, 0.05) is 10.8 Å². The van der Waals surface area contributed by atoms with Crippen LogP contribution in [0.4, 0.5) is 0 Å². The average Bonchev–Trinajstić information content (AvgIpc) is 2.38. The molecule has 0 N–H and O–H groups in total. The number of rotatable bonds is 3. The summed E-state index contributed by atoms with van der Waals surface area (Å²) in [5.74, 6) is 0.859. The molecule has 0 spiro atoms. The van der Waals surface area contributed by atoms with Crippen LogP contribution in [0, 0.1) is 0 Å². The van der Waals surface area contributed by atoms with Gasteiger partial charge in [-0.15, -0.1) is 6.58 Å². The lowest BCUT2D eigenvalue weighted by atomic mass is 9.71. The van der Waals surface area contributed by atoms with Gasteiger partial charge in [0.15, 0.2) is 0 Å². The molecule has 1 aromatic carbocycles. The van der Waals surface area contributed by atoms with Crippen molar-refractivity contribution in [3.63, 3.8) is 0 Å². The zero-order chi connectivity index (χ0) is 13.2. The van der Waals surface area contributed by atoms with Crippen molar-refractivity contribution in [2.45, 2.75) is 31.2 Å². The van der Waals surface area contributed by atoms with E-state index < -0.39 is 5.54 Å². The first-order valence-corrected chi connectivity index (χ1v) is 6.00. The number of azide groups is 1. The quantitative estimate of drug-likeness (QED) is 0.343. The summed E-state index contributed by atoms with van der Waals surface area (Å²) >= 11 is 0. The first kappa shape index (κ1) is 12.5. The third kappa shape index (κ3) is 1.95. The van der Waals surface area contributed by atoms with E-state index in [0.717, 1.165) is 24.2 Å². The van der Waals surface area contributed by atoms with Crippen LogP contribution in [-0.2, 0) is 6.42 Å². The second kappa shape index (κ2) is 4.75. The summed E-state index contributed by atoms with van der Waals surface area (Å²) < 4.78 is 5.26. The highest BCUT2D eigenvalue weighted by Gasteiger charge is 2.37. The molecule has 1 aromatic rings. The SMILES string of the molecule is C=C[C@H]1c2cc(OC)ccc2CC[C@@]1(C)N=[N+]=[N-]. The Bertz CT molecular complexity index is 520. The smallest absolute Gasteiger partial charge is 0.119 e. The lowest BCUT2D eigenvalue weighted by Gasteiger charge is -2.37. The van der Waals surface area contributed by atoms with Crippen molar-refractivity contribution in [2.24, 2.45) is 5.11 Å². The van der Waals surface area contributed by atoms with Gasteiger partial charge in [-0.25, -0.2) is 0 Å². The molecular weight excluding hydrogens is 226 g/mol. The molecule has 0 bridgehead atoms. The molecule has 94 valence electrons. The predicted octanol–water partition coefficient (Wildman–Crippen LogP) is 3.98. The first-order chi connectivity index (χ1) is 8.64. The lowest BCUT2D eigenvalue weighted by molar-refractivity contribution is 0.366. The van der Waals surface area contributed by atoms with Gasteiger partial charge in [0.1, 0.15) is 5.75 Å². The molecule has 4 heteroatoms. The second-order valence-electron chi connectivity index (χ2n) is 4.82. The zero-order valence-electron chi connectivity index (χ0n) is 10.8. The lowest BCUT2D eigenvalue weighted by Crippen LogP contribution is -2.34. The number of fused-ring (bicyclic) bond motifs is 1. The largest absolute Gasteiger partial charge is 0.497 e. The van der Waals surface area contributed by atoms with Crippen molar-refractivity contribution in [3.05, 3.63) is 52.4 Å². The van der Waals surface area contributed by atoms with E-state index in [1.165, 1.54) is 5.56 Å². The minimum Gasteiger partial charge on any atom is -0.497 e. The number of ether oxygens (including phenoxy) is 1. The zero-order valence-corrected chi connectivity index (χ0v) is 10.8. The van der Waals surface area contributed by atoms with Gasteiger partial charge in [-0.05, 0) is 41.6 Å². The maximum atomic E-state index is 8.75. The van der Waals surface area contributed by atoms with E-state index in [2.05, 4.69) is 22.7 Å². The van der Waals surface area contributed by atoms with Crippen LogP contribution in [0.2, 0.25) is 0 Å². The van der Waals surface area contributed by atoms with Crippen molar-refractivity contribution in [3.8, 4) is 5.75 Å². The molecule has 0 amide bonds. The molecule has 0 saturated carbocycles. The molecule has 0 radical (unpaired) electrons. The van der Waals surface area contributed by atoms with Crippen LogP contribution in [-0.4, -0.2) is 12.6 Å². The van der Waals surface area contributed by atoms with Crippen LogP contribution < -0.4 is 4.74 Å². The fourth-order valence-electron chi connectivity index (χ4n) is 2.69. The minimum absolute atomic E-state index is 0.0345. The topological polar surface area (TPSA) is 58.0 Å². The summed E-state index contributed by atoms with van der Waals surface area (Å²) in [7, 11) is 1.65. The summed E-state index contributed by atoms with van der Waals surface area (Å²) in [5, 5.41) is 3.99. The number of hydrogen-bond acceptors (Lipinski definition) is 2. The van der Waals surface area contributed by atoms with Crippen molar-refractivity contribution in [2.75, 3.05) is 7.11 Å². The normalized spacial score (nSPS) is 25.8. The summed E-state index contributed by atoms with van der Waals surface area (Å²) in [5.41, 5.74) is 10.8. The van der Waals surface area contributed by atoms with E-state index in [4.69, 9.17) is 10.3 Å². The van der Waals surface area contributed by atoms with Gasteiger partial charge in [0.2, 0.25) is 0 Å². The van der Waals surface area contributed by atoms with Gasteiger partial charge in [0.25, 0.3) is 0 Å². The van der Waals surface area contributed by atoms with Crippen LogP contribution in [0.15, 0.2) is 36.0 Å². The molecule has 4 nitrogen and oxygen atoms in total. The molecule has 2 rings (SSSR count). The maximum Gasteiger partial charge on any atom is 0.119 e. The molecule has 0 unspecified atom stereocenters. The Hall–Kier alpha value is -1.93. The summed E-state index contributed by atoms with van der Waals surface area (Å²) in [6.07, 6.45) is 3.62. The maximum absolute atomic E-state index is 8.75. The number of methoxy groups -OCH3 is 1. The average molecular weight is 243 g/mol. The van der Waals surface area contributed by atoms with Crippen molar-refractivity contribution >= 4 is 0 Å². The molecular formula is C14H17N3O. The van der Waals surface area contributed by atoms with Gasteiger partial charge < -0.3 is 4.74 Å². The molecule has 0 heterocycles. The standard InChI is InChI=1S/C14H17N3O/c1-4-13-12-9-11(18-3)6-5-10(12)7-8-14(13,2)16-17-15/h4-6,9,13H,1,7-8H2,2-3H3/t13-,14+/m0/s1. The molecule has 0 fully saturated rings. The number of hydrogen-bond donors (Lipinski definition) is 0. The van der Waals surface area contributed by atoms with Crippen molar-refractivity contribution in [1.29, 1.82) is 0 Å². The summed E-state index contributed by atoms with van der Waals surface area (Å²) in [4.78, 5) is 2.99. The molecule has 1 aliphatic rings. The number of benzene rings is 1. The Morgan fingerprint density at radius 2 is 2.39 bits per heavy atom. The Balaban J connectivity index is 2.54. The summed E-state index contributed by atoms with van der Waals surface area (Å²) in [6.45, 7) is 5.88. The fourth-order valence-corrected chi connectivity index (χ4v) is 2.69. The van der Waals surface area contributed by atoms with E-state index in [-0.39, 0.29) is 5.92 Å². The predicted molar refractivity (Wildman–Crippen MR) is 71.8 cm³/mol. The van der Waals surface area contributed by atoms with Crippen LogP contribution >= 0.6 is 0 Å². The van der Waals surface area contributed by atoms with Gasteiger partial charge in [-0.3, -0.25) is 0 Å². The van der Waals surface area contributed by atoms with Gasteiger partial charge in [-0.2, -0.15) is 0 Å². The van der Waals surface area contributed by atoms with Gasteiger partial charge >= 0.3 is 0 Å². The highest BCUT2D eigenvalue weighted by atomic mass is 16.5. The molecule has 2 atom stereocenters. The summed E-state index contributed by atoms with van der Waals surface area (Å²) in [6, 6.07) is 6.07. The van der Waals surface area contributed by atoms with Crippen LogP contribution in [0.1, 0.15) is 30.4 Å². The van der Waals surface area contributed by atoms with E-state index in [1.54, 1.807) is 7.11 Å². The Labute approximate surface area is 107 Å². The van der Waals surface area contributed by atoms with Crippen LogP contribution in [0.3, 0.4) is 0 Å². The van der Waals surface area contributed by atoms with Crippen LogP contribution in [0.25, 0.3) is 10.4 Å². The van der Waals surface area contributed by atoms with E-state index in [0.29, 0.717) is 0 Å².